The van der Waals surface area contributed by atoms with Gasteiger partial charge in [-0.25, -0.2) is 4.99 Å². The molecular weight excluding hydrogens is 267 g/mol. The van der Waals surface area contributed by atoms with Gasteiger partial charge in [0, 0.05) is 10.7 Å². The smallest absolute Gasteiger partial charge is 0.370 e. The van der Waals surface area contributed by atoms with Gasteiger partial charge in [0.05, 0.1) is 11.6 Å². The molecule has 2 rings (SSSR count). The zero-order valence-electron chi connectivity index (χ0n) is 9.26. The molecule has 0 spiro atoms. The molecule has 3 N–H and O–H groups in total. The molecular formula is C11H11ClF3N3. The van der Waals surface area contributed by atoms with Crippen LogP contribution in [0.2, 0.25) is 5.02 Å². The predicted molar refractivity (Wildman–Crippen MR) is 64.7 cm³/mol. The van der Waals surface area contributed by atoms with Gasteiger partial charge >= 0.3 is 6.18 Å². The molecule has 0 atom stereocenters. The van der Waals surface area contributed by atoms with E-state index in [1.165, 1.54) is 6.07 Å². The highest BCUT2D eigenvalue weighted by atomic mass is 35.5. The molecule has 0 radical (unpaired) electrons. The zero-order valence-corrected chi connectivity index (χ0v) is 10.0. The number of halogens is 4. The maximum Gasteiger partial charge on any atom is 0.416 e. The summed E-state index contributed by atoms with van der Waals surface area (Å²) in [5.41, 5.74) is 4.93. The first-order chi connectivity index (χ1) is 8.34. The standard InChI is InChI=1S/C11H11ClF3N3/c12-7-3-6(11(13,14)15)4-9(5-7)18-10(16)17-8-1-2-8/h3-5,8H,1-2H2,(H3,16,17,18). The van der Waals surface area contributed by atoms with Crippen LogP contribution in [0, 0.1) is 0 Å². The lowest BCUT2D eigenvalue weighted by Gasteiger charge is -2.11. The fourth-order valence-electron chi connectivity index (χ4n) is 1.41. The molecule has 0 bridgehead atoms. The Bertz CT molecular complexity index is 481. The van der Waals surface area contributed by atoms with Crippen molar-refractivity contribution in [2.75, 3.05) is 5.32 Å². The summed E-state index contributed by atoms with van der Waals surface area (Å²) in [6, 6.07) is 3.37. The molecule has 0 amide bonds. The van der Waals surface area contributed by atoms with E-state index in [9.17, 15) is 13.2 Å². The lowest BCUT2D eigenvalue weighted by Crippen LogP contribution is -2.23. The number of nitrogens with one attached hydrogen (secondary N) is 1. The van der Waals surface area contributed by atoms with E-state index in [0.717, 1.165) is 25.0 Å². The van der Waals surface area contributed by atoms with Gasteiger partial charge in [-0.3, -0.25) is 0 Å². The minimum atomic E-state index is -4.44. The molecule has 98 valence electrons. The quantitative estimate of drug-likeness (QED) is 0.644. The van der Waals surface area contributed by atoms with Crippen molar-refractivity contribution in [2.45, 2.75) is 25.1 Å². The van der Waals surface area contributed by atoms with E-state index in [0.29, 0.717) is 0 Å². The van der Waals surface area contributed by atoms with E-state index in [1.54, 1.807) is 0 Å². The summed E-state index contributed by atoms with van der Waals surface area (Å²) < 4.78 is 37.7. The van der Waals surface area contributed by atoms with Crippen LogP contribution in [0.25, 0.3) is 0 Å². The molecule has 0 heterocycles. The van der Waals surface area contributed by atoms with Gasteiger partial charge in [-0.05, 0) is 31.0 Å². The highest BCUT2D eigenvalue weighted by molar-refractivity contribution is 6.31. The number of hydrogen-bond donors (Lipinski definition) is 2. The predicted octanol–water partition coefficient (Wildman–Crippen LogP) is 3.25. The molecule has 18 heavy (non-hydrogen) atoms. The molecule has 1 aliphatic carbocycles. The summed E-state index contributed by atoms with van der Waals surface area (Å²) in [5.74, 6) is 0.105. The Morgan fingerprint density at radius 3 is 2.56 bits per heavy atom. The van der Waals surface area contributed by atoms with Gasteiger partial charge in [-0.15, -0.1) is 0 Å². The van der Waals surface area contributed by atoms with E-state index < -0.39 is 11.7 Å². The molecule has 1 fully saturated rings. The Labute approximate surface area is 107 Å². The van der Waals surface area contributed by atoms with Crippen molar-refractivity contribution in [1.29, 1.82) is 0 Å². The Morgan fingerprint density at radius 1 is 1.33 bits per heavy atom. The van der Waals surface area contributed by atoms with Crippen molar-refractivity contribution >= 4 is 23.2 Å². The van der Waals surface area contributed by atoms with Gasteiger partial charge in [0.1, 0.15) is 0 Å². The maximum atomic E-state index is 12.6. The number of nitrogens with zero attached hydrogens (tertiary/aromatic N) is 1. The molecule has 0 unspecified atom stereocenters. The van der Waals surface area contributed by atoms with E-state index in [2.05, 4.69) is 10.3 Å². The molecule has 1 saturated carbocycles. The van der Waals surface area contributed by atoms with Crippen LogP contribution >= 0.6 is 11.6 Å². The number of hydrogen-bond acceptors (Lipinski definition) is 1. The van der Waals surface area contributed by atoms with Crippen LogP contribution in [-0.4, -0.2) is 12.0 Å². The molecule has 7 heteroatoms. The second kappa shape index (κ2) is 4.68. The third-order valence-corrected chi connectivity index (χ3v) is 2.58. The third-order valence-electron chi connectivity index (χ3n) is 2.37. The van der Waals surface area contributed by atoms with Gasteiger partial charge in [-0.2, -0.15) is 13.2 Å². The summed E-state index contributed by atoms with van der Waals surface area (Å²) in [4.78, 5) is 4.06. The van der Waals surface area contributed by atoms with E-state index in [1.807, 2.05) is 0 Å². The van der Waals surface area contributed by atoms with Gasteiger partial charge in [0.15, 0.2) is 5.96 Å². The lowest BCUT2D eigenvalue weighted by atomic mass is 10.2. The molecule has 1 aromatic carbocycles. The van der Waals surface area contributed by atoms with E-state index in [-0.39, 0.29) is 22.7 Å². The van der Waals surface area contributed by atoms with Crippen molar-refractivity contribution in [2.24, 2.45) is 10.7 Å². The van der Waals surface area contributed by atoms with Crippen LogP contribution < -0.4 is 11.1 Å². The summed E-state index contributed by atoms with van der Waals surface area (Å²) in [5, 5.41) is 2.60. The normalized spacial score (nSPS) is 16.8. The van der Waals surface area contributed by atoms with E-state index >= 15 is 0 Å². The third kappa shape index (κ3) is 3.53. The zero-order chi connectivity index (χ0) is 13.3. The van der Waals surface area contributed by atoms with Crippen LogP contribution in [0.4, 0.5) is 18.9 Å². The summed E-state index contributed by atoms with van der Waals surface area (Å²) in [6.07, 6.45) is -2.51. The lowest BCUT2D eigenvalue weighted by molar-refractivity contribution is -0.137. The minimum Gasteiger partial charge on any atom is -0.370 e. The Balaban J connectivity index is 2.19. The first kappa shape index (κ1) is 13.0. The largest absolute Gasteiger partial charge is 0.416 e. The fourth-order valence-corrected chi connectivity index (χ4v) is 1.64. The molecule has 0 aliphatic heterocycles. The maximum absolute atomic E-state index is 12.6. The van der Waals surface area contributed by atoms with Gasteiger partial charge in [-0.1, -0.05) is 11.6 Å². The number of benzene rings is 1. The molecule has 0 saturated heterocycles. The first-order valence-electron chi connectivity index (χ1n) is 5.32. The highest BCUT2D eigenvalue weighted by Gasteiger charge is 2.31. The minimum absolute atomic E-state index is 0.00783. The van der Waals surface area contributed by atoms with Crippen LogP contribution in [0.5, 0.6) is 0 Å². The Kier molecular flexibility index (Phi) is 3.38. The second-order valence-electron chi connectivity index (χ2n) is 4.10. The summed E-state index contributed by atoms with van der Waals surface area (Å²) in [7, 11) is 0. The average molecular weight is 278 g/mol. The number of nitrogens with two attached hydrogens (primary N) is 1. The van der Waals surface area contributed by atoms with Crippen LogP contribution in [0.15, 0.2) is 23.2 Å². The van der Waals surface area contributed by atoms with Gasteiger partial charge in [0.25, 0.3) is 0 Å². The first-order valence-corrected chi connectivity index (χ1v) is 5.70. The van der Waals surface area contributed by atoms with E-state index in [4.69, 9.17) is 17.3 Å². The number of anilines is 1. The van der Waals surface area contributed by atoms with Gasteiger partial charge < -0.3 is 11.1 Å². The molecule has 0 aromatic heterocycles. The fraction of sp³-hybridized carbons (Fsp3) is 0.364. The summed E-state index contributed by atoms with van der Waals surface area (Å²) in [6.45, 7) is 0. The van der Waals surface area contributed by atoms with Crippen molar-refractivity contribution in [1.82, 2.24) is 0 Å². The monoisotopic (exact) mass is 277 g/mol. The van der Waals surface area contributed by atoms with Crippen molar-refractivity contribution in [3.05, 3.63) is 28.8 Å². The van der Waals surface area contributed by atoms with Crippen molar-refractivity contribution < 1.29 is 13.2 Å². The molecule has 1 aromatic rings. The highest BCUT2D eigenvalue weighted by Crippen LogP contribution is 2.33. The molecule has 3 nitrogen and oxygen atoms in total. The second-order valence-corrected chi connectivity index (χ2v) is 4.53. The number of alkyl halides is 3. The van der Waals surface area contributed by atoms with Crippen LogP contribution in [-0.2, 0) is 6.18 Å². The van der Waals surface area contributed by atoms with Crippen LogP contribution in [0.1, 0.15) is 18.4 Å². The van der Waals surface area contributed by atoms with Crippen molar-refractivity contribution in [3.63, 3.8) is 0 Å². The topological polar surface area (TPSA) is 50.4 Å². The van der Waals surface area contributed by atoms with Crippen LogP contribution in [0.3, 0.4) is 0 Å². The van der Waals surface area contributed by atoms with Crippen molar-refractivity contribution in [3.8, 4) is 0 Å². The number of guanidine groups is 1. The average Bonchev–Trinajstić information content (AvgIpc) is 2.98. The number of aliphatic imine (C=N–C) groups is 1. The number of rotatable bonds is 2. The SMILES string of the molecule is NC(=NC1CC1)Nc1cc(Cl)cc(C(F)(F)F)c1. The molecule has 1 aliphatic rings. The summed E-state index contributed by atoms with van der Waals surface area (Å²) >= 11 is 5.64. The Hall–Kier alpha value is -1.43. The van der Waals surface area contributed by atoms with Gasteiger partial charge in [0.2, 0.25) is 0 Å². The Morgan fingerprint density at radius 2 is 2.00 bits per heavy atom.